The minimum Gasteiger partial charge on any atom is -0.444 e. The zero-order valence-corrected chi connectivity index (χ0v) is 14.6. The summed E-state index contributed by atoms with van der Waals surface area (Å²) in [5.41, 5.74) is 5.01. The quantitative estimate of drug-likeness (QED) is 0.859. The van der Waals surface area contributed by atoms with Gasteiger partial charge in [-0.25, -0.2) is 4.79 Å². The Morgan fingerprint density at radius 2 is 1.82 bits per heavy atom. The van der Waals surface area contributed by atoms with E-state index in [0.717, 1.165) is 19.4 Å². The number of carbonyl (C=O) groups is 2. The summed E-state index contributed by atoms with van der Waals surface area (Å²) in [5.74, 6) is 0.404. The van der Waals surface area contributed by atoms with E-state index >= 15 is 0 Å². The Kier molecular flexibility index (Phi) is 6.66. The van der Waals surface area contributed by atoms with E-state index in [-0.39, 0.29) is 24.6 Å². The summed E-state index contributed by atoms with van der Waals surface area (Å²) in [4.78, 5) is 27.5. The molecule has 1 saturated heterocycles. The molecule has 0 spiro atoms. The molecule has 22 heavy (non-hydrogen) atoms. The summed E-state index contributed by atoms with van der Waals surface area (Å²) in [5, 5.41) is 0. The van der Waals surface area contributed by atoms with Gasteiger partial charge in [0.05, 0.1) is 6.54 Å². The lowest BCUT2D eigenvalue weighted by Crippen LogP contribution is -2.47. The molecule has 6 heteroatoms. The Morgan fingerprint density at radius 3 is 2.23 bits per heavy atom. The van der Waals surface area contributed by atoms with E-state index in [1.54, 1.807) is 4.90 Å². The average Bonchev–Trinajstić information content (AvgIpc) is 2.42. The predicted octanol–water partition coefficient (Wildman–Crippen LogP) is 1.83. The van der Waals surface area contributed by atoms with Gasteiger partial charge in [0.25, 0.3) is 0 Å². The minimum atomic E-state index is -0.462. The second-order valence-corrected chi connectivity index (χ2v) is 7.25. The molecular formula is C16H31N3O3. The Morgan fingerprint density at radius 1 is 1.27 bits per heavy atom. The molecule has 128 valence electrons. The number of amides is 2. The molecule has 1 aliphatic rings. The SMILES string of the molecule is CC(C)N(CC1CCN(C(=O)OC(C)(C)C)CC1)C(=O)CN. The highest BCUT2D eigenvalue weighted by Gasteiger charge is 2.28. The number of hydrogen-bond donors (Lipinski definition) is 1. The highest BCUT2D eigenvalue weighted by atomic mass is 16.6. The van der Waals surface area contributed by atoms with Crippen LogP contribution in [0.25, 0.3) is 0 Å². The van der Waals surface area contributed by atoms with E-state index in [4.69, 9.17) is 10.5 Å². The zero-order valence-electron chi connectivity index (χ0n) is 14.6. The number of nitrogens with two attached hydrogens (primary N) is 1. The molecule has 1 heterocycles. The van der Waals surface area contributed by atoms with Crippen molar-refractivity contribution in [1.82, 2.24) is 9.80 Å². The van der Waals surface area contributed by atoms with Gasteiger partial charge in [-0.05, 0) is 53.4 Å². The lowest BCUT2D eigenvalue weighted by atomic mass is 9.96. The molecule has 0 aromatic heterocycles. The van der Waals surface area contributed by atoms with Crippen LogP contribution in [-0.2, 0) is 9.53 Å². The summed E-state index contributed by atoms with van der Waals surface area (Å²) in [6, 6.07) is 0.153. The van der Waals surface area contributed by atoms with Crippen LogP contribution in [0.1, 0.15) is 47.5 Å². The lowest BCUT2D eigenvalue weighted by Gasteiger charge is -2.36. The van der Waals surface area contributed by atoms with Gasteiger partial charge in [-0.2, -0.15) is 0 Å². The Bertz CT molecular complexity index is 383. The third kappa shape index (κ3) is 5.83. The van der Waals surface area contributed by atoms with E-state index in [9.17, 15) is 9.59 Å². The van der Waals surface area contributed by atoms with Crippen molar-refractivity contribution in [2.45, 2.75) is 59.1 Å². The van der Waals surface area contributed by atoms with Gasteiger partial charge in [0.2, 0.25) is 5.91 Å². The van der Waals surface area contributed by atoms with E-state index < -0.39 is 5.60 Å². The number of nitrogens with zero attached hydrogens (tertiary/aromatic N) is 2. The second-order valence-electron chi connectivity index (χ2n) is 7.25. The highest BCUT2D eigenvalue weighted by Crippen LogP contribution is 2.21. The zero-order chi connectivity index (χ0) is 16.9. The van der Waals surface area contributed by atoms with Gasteiger partial charge in [0, 0.05) is 25.7 Å². The van der Waals surface area contributed by atoms with Gasteiger partial charge >= 0.3 is 6.09 Å². The van der Waals surface area contributed by atoms with Crippen LogP contribution in [0.5, 0.6) is 0 Å². The van der Waals surface area contributed by atoms with Crippen molar-refractivity contribution in [1.29, 1.82) is 0 Å². The van der Waals surface area contributed by atoms with Crippen molar-refractivity contribution < 1.29 is 14.3 Å². The van der Waals surface area contributed by atoms with Crippen molar-refractivity contribution >= 4 is 12.0 Å². The van der Waals surface area contributed by atoms with E-state index in [1.807, 2.05) is 39.5 Å². The molecule has 0 unspecified atom stereocenters. The largest absolute Gasteiger partial charge is 0.444 e. The summed E-state index contributed by atoms with van der Waals surface area (Å²) in [6.07, 6.45) is 1.53. The number of ether oxygens (including phenoxy) is 1. The molecule has 1 aliphatic heterocycles. The van der Waals surface area contributed by atoms with Crippen LogP contribution in [0.15, 0.2) is 0 Å². The maximum atomic E-state index is 12.0. The summed E-state index contributed by atoms with van der Waals surface area (Å²) < 4.78 is 5.39. The molecule has 1 fully saturated rings. The van der Waals surface area contributed by atoms with Crippen LogP contribution >= 0.6 is 0 Å². The van der Waals surface area contributed by atoms with Crippen LogP contribution < -0.4 is 5.73 Å². The molecule has 1 rings (SSSR count). The number of hydrogen-bond acceptors (Lipinski definition) is 4. The first kappa shape index (κ1) is 18.7. The molecule has 0 aromatic rings. The van der Waals surface area contributed by atoms with Crippen molar-refractivity contribution in [3.63, 3.8) is 0 Å². The van der Waals surface area contributed by atoms with Gasteiger partial charge in [-0.1, -0.05) is 0 Å². The topological polar surface area (TPSA) is 75.9 Å². The smallest absolute Gasteiger partial charge is 0.410 e. The van der Waals surface area contributed by atoms with Gasteiger partial charge in [-0.3, -0.25) is 4.79 Å². The van der Waals surface area contributed by atoms with E-state index in [0.29, 0.717) is 19.0 Å². The monoisotopic (exact) mass is 313 g/mol. The average molecular weight is 313 g/mol. The summed E-state index contributed by atoms with van der Waals surface area (Å²) >= 11 is 0. The summed E-state index contributed by atoms with van der Waals surface area (Å²) in [7, 11) is 0. The van der Waals surface area contributed by atoms with Crippen molar-refractivity contribution in [3.8, 4) is 0 Å². The Labute approximate surface area is 134 Å². The van der Waals surface area contributed by atoms with Crippen LogP contribution in [0.3, 0.4) is 0 Å². The first-order chi connectivity index (χ1) is 10.1. The molecule has 6 nitrogen and oxygen atoms in total. The summed E-state index contributed by atoms with van der Waals surface area (Å²) in [6.45, 7) is 11.8. The Balaban J connectivity index is 2.48. The molecule has 0 aliphatic carbocycles. The molecule has 0 bridgehead atoms. The first-order valence-corrected chi connectivity index (χ1v) is 8.11. The van der Waals surface area contributed by atoms with E-state index in [1.165, 1.54) is 0 Å². The molecule has 0 saturated carbocycles. The number of rotatable bonds is 4. The van der Waals surface area contributed by atoms with Crippen LogP contribution in [0.4, 0.5) is 4.79 Å². The predicted molar refractivity (Wildman–Crippen MR) is 86.4 cm³/mol. The highest BCUT2D eigenvalue weighted by molar-refractivity contribution is 5.78. The van der Waals surface area contributed by atoms with Gasteiger partial charge in [0.15, 0.2) is 0 Å². The van der Waals surface area contributed by atoms with Crippen molar-refractivity contribution in [3.05, 3.63) is 0 Å². The standard InChI is InChI=1S/C16H31N3O3/c1-12(2)19(14(20)10-17)11-13-6-8-18(9-7-13)15(21)22-16(3,4)5/h12-13H,6-11,17H2,1-5H3. The molecule has 0 aromatic carbocycles. The van der Waals surface area contributed by atoms with Crippen molar-refractivity contribution in [2.75, 3.05) is 26.2 Å². The molecule has 0 atom stereocenters. The normalized spacial score (nSPS) is 16.8. The van der Waals surface area contributed by atoms with Gasteiger partial charge in [0.1, 0.15) is 5.60 Å². The number of piperidine rings is 1. The molecule has 0 radical (unpaired) electrons. The second kappa shape index (κ2) is 7.81. The fourth-order valence-electron chi connectivity index (χ4n) is 2.62. The van der Waals surface area contributed by atoms with Crippen LogP contribution in [0.2, 0.25) is 0 Å². The lowest BCUT2D eigenvalue weighted by molar-refractivity contribution is -0.132. The van der Waals surface area contributed by atoms with Crippen LogP contribution in [0, 0.1) is 5.92 Å². The third-order valence-corrected chi connectivity index (χ3v) is 3.84. The van der Waals surface area contributed by atoms with Gasteiger partial charge < -0.3 is 20.3 Å². The number of carbonyl (C=O) groups excluding carboxylic acids is 2. The fraction of sp³-hybridized carbons (Fsp3) is 0.875. The molecule has 2 N–H and O–H groups in total. The fourth-order valence-corrected chi connectivity index (χ4v) is 2.62. The number of likely N-dealkylation sites (tertiary alicyclic amines) is 1. The Hall–Kier alpha value is -1.30. The molecular weight excluding hydrogens is 282 g/mol. The minimum absolute atomic E-state index is 0.00966. The third-order valence-electron chi connectivity index (χ3n) is 3.84. The maximum Gasteiger partial charge on any atom is 0.410 e. The van der Waals surface area contributed by atoms with Crippen LogP contribution in [-0.4, -0.2) is 59.6 Å². The van der Waals surface area contributed by atoms with Crippen molar-refractivity contribution in [2.24, 2.45) is 11.7 Å². The first-order valence-electron chi connectivity index (χ1n) is 8.11. The van der Waals surface area contributed by atoms with E-state index in [2.05, 4.69) is 0 Å². The maximum absolute atomic E-state index is 12.0. The van der Waals surface area contributed by atoms with Gasteiger partial charge in [-0.15, -0.1) is 0 Å². The molecule has 2 amide bonds.